The molecule has 0 amide bonds. The predicted molar refractivity (Wildman–Crippen MR) is 111 cm³/mol. The zero-order chi connectivity index (χ0) is 22.0. The van der Waals surface area contributed by atoms with Crippen molar-refractivity contribution in [1.29, 1.82) is 0 Å². The van der Waals surface area contributed by atoms with E-state index in [2.05, 4.69) is 13.8 Å². The van der Waals surface area contributed by atoms with Gasteiger partial charge in [0, 0.05) is 0 Å². The molecular weight excluding hydrogens is 384 g/mol. The van der Waals surface area contributed by atoms with E-state index in [4.69, 9.17) is 5.11 Å². The zero-order valence-electron chi connectivity index (χ0n) is 18.6. The van der Waals surface area contributed by atoms with E-state index >= 15 is 0 Å². The molecule has 0 saturated heterocycles. The first-order valence-electron chi connectivity index (χ1n) is 11.9. The molecule has 4 saturated carbocycles. The van der Waals surface area contributed by atoms with Crippen LogP contribution in [0, 0.1) is 46.3 Å². The van der Waals surface area contributed by atoms with Gasteiger partial charge in [0.2, 0.25) is 0 Å². The molecular formula is C24H40O6. The topological polar surface area (TPSA) is 118 Å². The van der Waals surface area contributed by atoms with Crippen LogP contribution >= 0.6 is 0 Å². The van der Waals surface area contributed by atoms with Gasteiger partial charge in [-0.15, -0.1) is 0 Å². The van der Waals surface area contributed by atoms with E-state index in [1.807, 2.05) is 6.92 Å². The highest BCUT2D eigenvalue weighted by Gasteiger charge is 2.66. The van der Waals surface area contributed by atoms with Gasteiger partial charge in [-0.1, -0.05) is 20.8 Å². The Balaban J connectivity index is 1.62. The normalized spacial score (nSPS) is 52.6. The third kappa shape index (κ3) is 3.25. The standard InChI is InChI=1S/C24H40O6/c1-12(18(26)11-21(29)30)15-4-5-16-22-17(10-20(28)24(15,16)3)23(2)7-6-14(25)8-13(23)9-19(22)27/h12-20,22,25-28H,4-11H2,1-3H3,(H,29,30). The highest BCUT2D eigenvalue weighted by Crippen LogP contribution is 2.68. The molecule has 172 valence electrons. The summed E-state index contributed by atoms with van der Waals surface area (Å²) in [5, 5.41) is 52.5. The highest BCUT2D eigenvalue weighted by atomic mass is 16.4. The van der Waals surface area contributed by atoms with Gasteiger partial charge in [0.15, 0.2) is 0 Å². The Hall–Kier alpha value is -0.690. The van der Waals surface area contributed by atoms with Gasteiger partial charge in [-0.2, -0.15) is 0 Å². The molecule has 5 N–H and O–H groups in total. The monoisotopic (exact) mass is 424 g/mol. The maximum atomic E-state index is 11.5. The summed E-state index contributed by atoms with van der Waals surface area (Å²) in [4.78, 5) is 11.1. The van der Waals surface area contributed by atoms with Crippen LogP contribution < -0.4 is 0 Å². The lowest BCUT2D eigenvalue weighted by atomic mass is 9.43. The van der Waals surface area contributed by atoms with Crippen molar-refractivity contribution in [3.8, 4) is 0 Å². The van der Waals surface area contributed by atoms with Crippen molar-refractivity contribution in [2.45, 2.75) is 96.6 Å². The van der Waals surface area contributed by atoms with E-state index in [0.717, 1.165) is 38.5 Å². The SMILES string of the molecule is CC(C(O)CC(=O)O)C1CCC2C3C(O)CC4CC(O)CCC4(C)C3CC(O)C12C. The second-order valence-corrected chi connectivity index (χ2v) is 11.6. The molecule has 4 fully saturated rings. The first-order valence-corrected chi connectivity index (χ1v) is 11.9. The molecule has 4 rings (SSSR count). The molecule has 0 radical (unpaired) electrons. The van der Waals surface area contributed by atoms with Crippen LogP contribution in [0.2, 0.25) is 0 Å². The molecule has 0 aromatic rings. The summed E-state index contributed by atoms with van der Waals surface area (Å²) in [6.07, 6.45) is 3.19. The van der Waals surface area contributed by atoms with Crippen LogP contribution in [0.4, 0.5) is 0 Å². The maximum Gasteiger partial charge on any atom is 0.305 e. The summed E-state index contributed by atoms with van der Waals surface area (Å²) in [5.74, 6) is -0.333. The lowest BCUT2D eigenvalue weighted by Crippen LogP contribution is -2.62. The van der Waals surface area contributed by atoms with E-state index in [9.17, 15) is 25.2 Å². The molecule has 4 aliphatic carbocycles. The van der Waals surface area contributed by atoms with E-state index in [1.54, 1.807) is 0 Å². The average molecular weight is 425 g/mol. The Labute approximate surface area is 179 Å². The fourth-order valence-corrected chi connectivity index (χ4v) is 8.70. The fourth-order valence-electron chi connectivity index (χ4n) is 8.70. The molecule has 0 spiro atoms. The van der Waals surface area contributed by atoms with Crippen molar-refractivity contribution in [2.75, 3.05) is 0 Å². The smallest absolute Gasteiger partial charge is 0.305 e. The molecule has 0 aliphatic heterocycles. The summed E-state index contributed by atoms with van der Waals surface area (Å²) in [6.45, 7) is 6.35. The maximum absolute atomic E-state index is 11.5. The molecule has 4 aliphatic rings. The molecule has 30 heavy (non-hydrogen) atoms. The largest absolute Gasteiger partial charge is 0.481 e. The van der Waals surface area contributed by atoms with Crippen LogP contribution in [-0.2, 0) is 4.79 Å². The molecule has 6 heteroatoms. The van der Waals surface area contributed by atoms with Crippen molar-refractivity contribution in [3.05, 3.63) is 0 Å². The summed E-state index contributed by atoms with van der Waals surface area (Å²) in [7, 11) is 0. The van der Waals surface area contributed by atoms with Gasteiger partial charge in [-0.25, -0.2) is 0 Å². The first-order chi connectivity index (χ1) is 14.0. The number of carboxylic acids is 1. The van der Waals surface area contributed by atoms with Gasteiger partial charge >= 0.3 is 5.97 Å². The number of carboxylic acid groups (broad SMARTS) is 1. The Morgan fingerprint density at radius 2 is 1.73 bits per heavy atom. The quantitative estimate of drug-likeness (QED) is 0.473. The van der Waals surface area contributed by atoms with Crippen molar-refractivity contribution in [1.82, 2.24) is 0 Å². The van der Waals surface area contributed by atoms with Gasteiger partial charge < -0.3 is 25.5 Å². The van der Waals surface area contributed by atoms with Crippen molar-refractivity contribution in [2.24, 2.45) is 46.3 Å². The van der Waals surface area contributed by atoms with Gasteiger partial charge in [-0.3, -0.25) is 4.79 Å². The molecule has 12 unspecified atom stereocenters. The second-order valence-electron chi connectivity index (χ2n) is 11.6. The van der Waals surface area contributed by atoms with Gasteiger partial charge in [0.1, 0.15) is 0 Å². The fraction of sp³-hybridized carbons (Fsp3) is 0.958. The highest BCUT2D eigenvalue weighted by molar-refractivity contribution is 5.67. The number of hydrogen-bond donors (Lipinski definition) is 5. The minimum Gasteiger partial charge on any atom is -0.481 e. The van der Waals surface area contributed by atoms with E-state index in [0.29, 0.717) is 12.3 Å². The van der Waals surface area contributed by atoms with Crippen molar-refractivity contribution in [3.63, 3.8) is 0 Å². The van der Waals surface area contributed by atoms with Gasteiger partial charge in [0.05, 0.1) is 30.8 Å². The minimum atomic E-state index is -1.00. The van der Waals surface area contributed by atoms with Crippen LogP contribution in [0.3, 0.4) is 0 Å². The van der Waals surface area contributed by atoms with Crippen molar-refractivity contribution < 1.29 is 30.3 Å². The number of carbonyl (C=O) groups is 1. The lowest BCUT2D eigenvalue weighted by Gasteiger charge is -2.63. The number of aliphatic hydroxyl groups is 4. The number of hydrogen-bond acceptors (Lipinski definition) is 5. The van der Waals surface area contributed by atoms with Crippen LogP contribution in [0.1, 0.15) is 72.1 Å². The van der Waals surface area contributed by atoms with E-state index < -0.39 is 29.7 Å². The Kier molecular flexibility index (Phi) is 5.79. The van der Waals surface area contributed by atoms with Gasteiger partial charge in [-0.05, 0) is 91.3 Å². The molecule has 12 atom stereocenters. The number of aliphatic carboxylic acids is 1. The van der Waals surface area contributed by atoms with Crippen molar-refractivity contribution >= 4 is 5.97 Å². The molecule has 0 aromatic heterocycles. The number of aliphatic hydroxyl groups excluding tert-OH is 4. The van der Waals surface area contributed by atoms with E-state index in [-0.39, 0.29) is 47.5 Å². The lowest BCUT2D eigenvalue weighted by molar-refractivity contribution is -0.208. The summed E-state index contributed by atoms with van der Waals surface area (Å²) in [5.41, 5.74) is -0.379. The average Bonchev–Trinajstić information content (AvgIpc) is 3.01. The molecule has 0 aromatic carbocycles. The van der Waals surface area contributed by atoms with Crippen LogP contribution in [0.25, 0.3) is 0 Å². The van der Waals surface area contributed by atoms with Gasteiger partial charge in [0.25, 0.3) is 0 Å². The zero-order valence-corrected chi connectivity index (χ0v) is 18.6. The molecule has 6 nitrogen and oxygen atoms in total. The van der Waals surface area contributed by atoms with Crippen LogP contribution in [-0.4, -0.2) is 55.9 Å². The molecule has 0 bridgehead atoms. The predicted octanol–water partition coefficient (Wildman–Crippen LogP) is 2.42. The van der Waals surface area contributed by atoms with Crippen LogP contribution in [0.15, 0.2) is 0 Å². The molecule has 0 heterocycles. The Bertz CT molecular complexity index is 668. The Morgan fingerprint density at radius 3 is 2.40 bits per heavy atom. The summed E-state index contributed by atoms with van der Waals surface area (Å²) in [6, 6.07) is 0. The summed E-state index contributed by atoms with van der Waals surface area (Å²) >= 11 is 0. The third-order valence-electron chi connectivity index (χ3n) is 10.5. The third-order valence-corrected chi connectivity index (χ3v) is 10.5. The first kappa shape index (κ1) is 22.5. The second kappa shape index (κ2) is 7.72. The number of rotatable bonds is 4. The van der Waals surface area contributed by atoms with E-state index in [1.165, 1.54) is 0 Å². The van der Waals surface area contributed by atoms with Crippen LogP contribution in [0.5, 0.6) is 0 Å². The Morgan fingerprint density at radius 1 is 1.03 bits per heavy atom. The number of fused-ring (bicyclic) bond motifs is 5. The summed E-state index contributed by atoms with van der Waals surface area (Å²) < 4.78 is 0. The minimum absolute atomic E-state index is 0.0396.